The number of hydrogen-bond donors (Lipinski definition) is 1. The number of carbonyl (C=O) groups is 2. The van der Waals surface area contributed by atoms with Crippen molar-refractivity contribution in [2.75, 3.05) is 13.2 Å². The van der Waals surface area contributed by atoms with E-state index in [9.17, 15) is 9.59 Å². The Hall–Kier alpha value is -2.73. The van der Waals surface area contributed by atoms with Gasteiger partial charge in [0, 0.05) is 35.1 Å². The van der Waals surface area contributed by atoms with Crippen LogP contribution in [0.1, 0.15) is 18.1 Å². The van der Waals surface area contributed by atoms with Crippen LogP contribution in [0.25, 0.3) is 0 Å². The lowest BCUT2D eigenvalue weighted by molar-refractivity contribution is -0.142. The Balaban J connectivity index is 1.95. The lowest BCUT2D eigenvalue weighted by atomic mass is 10.0. The number of halogens is 3. The van der Waals surface area contributed by atoms with Crippen LogP contribution in [0.15, 0.2) is 72.8 Å². The third kappa shape index (κ3) is 6.89. The average molecular weight is 520 g/mol. The molecule has 3 aromatic carbocycles. The van der Waals surface area contributed by atoms with Crippen LogP contribution in [0.2, 0.25) is 15.1 Å². The number of ether oxygens (including phenoxy) is 1. The van der Waals surface area contributed by atoms with E-state index < -0.39 is 11.9 Å². The van der Waals surface area contributed by atoms with Gasteiger partial charge in [0.2, 0.25) is 5.91 Å². The molecule has 1 atom stereocenters. The summed E-state index contributed by atoms with van der Waals surface area (Å²) >= 11 is 19.0. The van der Waals surface area contributed by atoms with Gasteiger partial charge in [-0.3, -0.25) is 9.59 Å². The van der Waals surface area contributed by atoms with Crippen LogP contribution in [0.3, 0.4) is 0 Å². The van der Waals surface area contributed by atoms with Gasteiger partial charge in [0.25, 0.3) is 5.91 Å². The summed E-state index contributed by atoms with van der Waals surface area (Å²) in [5.41, 5.74) is 1.47. The maximum Gasteiger partial charge on any atom is 0.261 e. The molecule has 34 heavy (non-hydrogen) atoms. The van der Waals surface area contributed by atoms with Crippen molar-refractivity contribution >= 4 is 46.6 Å². The summed E-state index contributed by atoms with van der Waals surface area (Å²) in [6.07, 6.45) is 0.312. The largest absolute Gasteiger partial charge is 0.482 e. The number of carbonyl (C=O) groups excluding carboxylic acids is 2. The highest BCUT2D eigenvalue weighted by Gasteiger charge is 2.31. The van der Waals surface area contributed by atoms with Crippen molar-refractivity contribution in [3.05, 3.63) is 99.0 Å². The van der Waals surface area contributed by atoms with Crippen molar-refractivity contribution in [1.82, 2.24) is 10.2 Å². The molecule has 0 bridgehead atoms. The quantitative estimate of drug-likeness (QED) is 0.368. The molecule has 0 radical (unpaired) electrons. The fourth-order valence-corrected chi connectivity index (χ4v) is 4.19. The molecular weight excluding hydrogens is 495 g/mol. The van der Waals surface area contributed by atoms with Gasteiger partial charge in [-0.2, -0.15) is 0 Å². The number of rotatable bonds is 10. The molecule has 1 N–H and O–H groups in total. The maximum absolute atomic E-state index is 13.5. The third-order valence-electron chi connectivity index (χ3n) is 5.20. The number of amides is 2. The van der Waals surface area contributed by atoms with Crippen LogP contribution in [-0.4, -0.2) is 35.9 Å². The van der Waals surface area contributed by atoms with E-state index in [-0.39, 0.29) is 19.1 Å². The summed E-state index contributed by atoms with van der Waals surface area (Å²) in [5, 5.41) is 4.05. The minimum atomic E-state index is -0.808. The minimum absolute atomic E-state index is 0.0395. The van der Waals surface area contributed by atoms with Gasteiger partial charge in [-0.05, 0) is 36.8 Å². The van der Waals surface area contributed by atoms with Crippen LogP contribution >= 0.6 is 34.8 Å². The van der Waals surface area contributed by atoms with Crippen molar-refractivity contribution < 1.29 is 14.3 Å². The van der Waals surface area contributed by atoms with Gasteiger partial charge in [-0.1, -0.05) is 83.3 Å². The molecule has 0 saturated heterocycles. The molecule has 0 aliphatic carbocycles. The Kier molecular flexibility index (Phi) is 9.63. The van der Waals surface area contributed by atoms with Crippen molar-refractivity contribution in [1.29, 1.82) is 0 Å². The number of hydrogen-bond acceptors (Lipinski definition) is 3. The van der Waals surface area contributed by atoms with Gasteiger partial charge in [0.15, 0.2) is 6.61 Å². The van der Waals surface area contributed by atoms with Gasteiger partial charge in [-0.25, -0.2) is 0 Å². The summed E-state index contributed by atoms with van der Waals surface area (Å²) in [4.78, 5) is 28.1. The SMILES string of the molecule is CCNC(=O)[C@@H](Cc1ccccc1)N(Cc1c(Cl)cccc1Cl)C(=O)COc1ccccc1Cl. The number of nitrogens with one attached hydrogen (secondary N) is 1. The van der Waals surface area contributed by atoms with Gasteiger partial charge in [0.1, 0.15) is 11.8 Å². The van der Waals surface area contributed by atoms with Gasteiger partial charge in [0.05, 0.1) is 5.02 Å². The van der Waals surface area contributed by atoms with Crippen LogP contribution in [0.5, 0.6) is 5.75 Å². The Morgan fingerprint density at radius 3 is 2.15 bits per heavy atom. The van der Waals surface area contributed by atoms with E-state index in [0.717, 1.165) is 5.56 Å². The summed E-state index contributed by atoms with van der Waals surface area (Å²) in [5.74, 6) is -0.297. The van der Waals surface area contributed by atoms with Crippen LogP contribution in [-0.2, 0) is 22.6 Å². The van der Waals surface area contributed by atoms with Crippen molar-refractivity contribution in [2.24, 2.45) is 0 Å². The maximum atomic E-state index is 13.5. The van der Waals surface area contributed by atoms with Crippen LogP contribution < -0.4 is 10.1 Å². The van der Waals surface area contributed by atoms with E-state index in [4.69, 9.17) is 39.5 Å². The summed E-state index contributed by atoms with van der Waals surface area (Å²) in [7, 11) is 0. The van der Waals surface area contributed by atoms with Crippen molar-refractivity contribution in [2.45, 2.75) is 25.9 Å². The van der Waals surface area contributed by atoms with Crippen LogP contribution in [0.4, 0.5) is 0 Å². The molecule has 5 nitrogen and oxygen atoms in total. The molecule has 0 saturated carbocycles. The molecule has 0 aliphatic rings. The highest BCUT2D eigenvalue weighted by atomic mass is 35.5. The number of benzene rings is 3. The third-order valence-corrected chi connectivity index (χ3v) is 6.22. The highest BCUT2D eigenvalue weighted by Crippen LogP contribution is 2.28. The van der Waals surface area contributed by atoms with Gasteiger partial charge >= 0.3 is 0 Å². The first kappa shape index (κ1) is 25.9. The molecule has 0 aliphatic heterocycles. The molecule has 8 heteroatoms. The zero-order valence-electron chi connectivity index (χ0n) is 18.6. The molecule has 3 aromatic rings. The predicted molar refractivity (Wildman–Crippen MR) is 137 cm³/mol. The van der Waals surface area contributed by atoms with Gasteiger partial charge < -0.3 is 15.0 Å². The Morgan fingerprint density at radius 1 is 0.882 bits per heavy atom. The first-order valence-electron chi connectivity index (χ1n) is 10.8. The fraction of sp³-hybridized carbons (Fsp3) is 0.231. The molecule has 0 spiro atoms. The van der Waals surface area contributed by atoms with Crippen molar-refractivity contribution in [3.8, 4) is 5.75 Å². The molecule has 0 fully saturated rings. The Bertz CT molecular complexity index is 1110. The Morgan fingerprint density at radius 2 is 1.50 bits per heavy atom. The molecule has 0 unspecified atom stereocenters. The molecule has 3 rings (SSSR count). The summed E-state index contributed by atoms with van der Waals surface area (Å²) in [6.45, 7) is 1.98. The highest BCUT2D eigenvalue weighted by molar-refractivity contribution is 6.36. The lowest BCUT2D eigenvalue weighted by Crippen LogP contribution is -2.51. The molecule has 178 valence electrons. The monoisotopic (exact) mass is 518 g/mol. The second-order valence-corrected chi connectivity index (χ2v) is 8.76. The topological polar surface area (TPSA) is 58.6 Å². The molecule has 2 amide bonds. The molecule has 0 aromatic heterocycles. The number of likely N-dealkylation sites (N-methyl/N-ethyl adjacent to an activating group) is 1. The second kappa shape index (κ2) is 12.7. The Labute approximate surface area is 214 Å². The molecule has 0 heterocycles. The van der Waals surface area contributed by atoms with E-state index >= 15 is 0 Å². The first-order valence-corrected chi connectivity index (χ1v) is 12.0. The smallest absolute Gasteiger partial charge is 0.261 e. The zero-order chi connectivity index (χ0) is 24.5. The second-order valence-electron chi connectivity index (χ2n) is 7.54. The number of nitrogens with zero attached hydrogens (tertiary/aromatic N) is 1. The average Bonchev–Trinajstić information content (AvgIpc) is 2.83. The molecular formula is C26H25Cl3N2O3. The van der Waals surface area contributed by atoms with E-state index in [2.05, 4.69) is 5.32 Å². The van der Waals surface area contributed by atoms with Crippen LogP contribution in [0, 0.1) is 0 Å². The van der Waals surface area contributed by atoms with Gasteiger partial charge in [-0.15, -0.1) is 0 Å². The van der Waals surface area contributed by atoms with E-state index in [0.29, 0.717) is 39.3 Å². The number of para-hydroxylation sites is 1. The fourth-order valence-electron chi connectivity index (χ4n) is 3.48. The standard InChI is InChI=1S/C26H25Cl3N2O3/c1-2-30-26(33)23(15-18-9-4-3-5-10-18)31(16-19-20(27)12-8-13-21(19)28)25(32)17-34-24-14-7-6-11-22(24)29/h3-14,23H,2,15-17H2,1H3,(H,30,33)/t23-/m1/s1. The summed E-state index contributed by atoms with van der Waals surface area (Å²) < 4.78 is 5.70. The van der Waals surface area contributed by atoms with Crippen molar-refractivity contribution in [3.63, 3.8) is 0 Å². The zero-order valence-corrected chi connectivity index (χ0v) is 20.9. The summed E-state index contributed by atoms with van der Waals surface area (Å²) in [6, 6.07) is 20.7. The van der Waals surface area contributed by atoms with E-state index in [1.54, 1.807) is 42.5 Å². The minimum Gasteiger partial charge on any atom is -0.482 e. The predicted octanol–water partition coefficient (Wildman–Crippen LogP) is 5.80. The van der Waals surface area contributed by atoms with E-state index in [1.165, 1.54) is 4.90 Å². The van der Waals surface area contributed by atoms with E-state index in [1.807, 2.05) is 37.3 Å². The first-order chi connectivity index (χ1) is 16.4. The lowest BCUT2D eigenvalue weighted by Gasteiger charge is -2.32. The normalized spacial score (nSPS) is 11.5.